The van der Waals surface area contributed by atoms with Gasteiger partial charge in [0, 0.05) is 20.6 Å². The molecule has 0 spiro atoms. The lowest BCUT2D eigenvalue weighted by molar-refractivity contribution is 0.0763. The molecule has 0 saturated carbocycles. The Bertz CT molecular complexity index is 43.3. The minimum atomic E-state index is 0.904. The molecular formula is C4H14N4. The van der Waals surface area contributed by atoms with Crippen molar-refractivity contribution < 1.29 is 0 Å². The van der Waals surface area contributed by atoms with Crippen LogP contribution in [0.25, 0.3) is 0 Å². The predicted molar refractivity (Wildman–Crippen MR) is 33.6 cm³/mol. The number of hydrogen-bond donors (Lipinski definition) is 3. The molecule has 0 aliphatic rings. The standard InChI is InChI=1S/C4H14N4/c1-4-7-8(5-2)6-3/h5-7H,4H2,1-3H3. The van der Waals surface area contributed by atoms with Crippen LogP contribution in [0.4, 0.5) is 0 Å². The maximum absolute atomic E-state index is 2.99. The van der Waals surface area contributed by atoms with Crippen LogP contribution in [0.1, 0.15) is 6.92 Å². The average molecular weight is 118 g/mol. The van der Waals surface area contributed by atoms with Gasteiger partial charge >= 0.3 is 0 Å². The van der Waals surface area contributed by atoms with Gasteiger partial charge in [-0.05, 0) is 0 Å². The summed E-state index contributed by atoms with van der Waals surface area (Å²) in [6, 6.07) is 0. The van der Waals surface area contributed by atoms with Gasteiger partial charge in [-0.3, -0.25) is 0 Å². The van der Waals surface area contributed by atoms with Crippen molar-refractivity contribution in [2.45, 2.75) is 6.92 Å². The van der Waals surface area contributed by atoms with E-state index in [1.165, 1.54) is 0 Å². The van der Waals surface area contributed by atoms with Crippen molar-refractivity contribution >= 4 is 0 Å². The van der Waals surface area contributed by atoms with E-state index in [0.29, 0.717) is 0 Å². The molecule has 0 radical (unpaired) electrons. The van der Waals surface area contributed by atoms with E-state index in [1.54, 1.807) is 5.23 Å². The van der Waals surface area contributed by atoms with Crippen LogP contribution < -0.4 is 16.3 Å². The third-order valence-electron chi connectivity index (χ3n) is 0.763. The first-order chi connectivity index (χ1) is 3.85. The van der Waals surface area contributed by atoms with Gasteiger partial charge in [-0.1, -0.05) is 6.92 Å². The fourth-order valence-electron chi connectivity index (χ4n) is 0.428. The highest BCUT2D eigenvalue weighted by atomic mass is 15.9. The van der Waals surface area contributed by atoms with Crippen LogP contribution in [-0.4, -0.2) is 25.9 Å². The van der Waals surface area contributed by atoms with Gasteiger partial charge in [-0.15, -0.1) is 5.23 Å². The highest BCUT2D eigenvalue weighted by Crippen LogP contribution is 1.58. The van der Waals surface area contributed by atoms with Gasteiger partial charge in [-0.25, -0.2) is 16.3 Å². The Hall–Kier alpha value is -0.160. The summed E-state index contributed by atoms with van der Waals surface area (Å²) < 4.78 is 0. The fourth-order valence-corrected chi connectivity index (χ4v) is 0.428. The largest absolute Gasteiger partial charge is 0.230 e. The summed E-state index contributed by atoms with van der Waals surface area (Å²) in [4.78, 5) is 0. The molecule has 0 heterocycles. The Labute approximate surface area is 50.2 Å². The molecule has 0 aromatic carbocycles. The van der Waals surface area contributed by atoms with Gasteiger partial charge in [0.2, 0.25) is 0 Å². The number of rotatable bonds is 4. The van der Waals surface area contributed by atoms with Crippen LogP contribution in [0, 0.1) is 0 Å². The van der Waals surface area contributed by atoms with Gasteiger partial charge in [-0.2, -0.15) is 0 Å². The van der Waals surface area contributed by atoms with Crippen LogP contribution in [0.3, 0.4) is 0 Å². The lowest BCUT2D eigenvalue weighted by atomic mass is 10.8. The van der Waals surface area contributed by atoms with E-state index in [4.69, 9.17) is 0 Å². The highest BCUT2D eigenvalue weighted by molar-refractivity contribution is 4.26. The monoisotopic (exact) mass is 118 g/mol. The Morgan fingerprint density at radius 2 is 1.75 bits per heavy atom. The van der Waals surface area contributed by atoms with E-state index in [1.807, 2.05) is 21.0 Å². The van der Waals surface area contributed by atoms with Crippen LogP contribution >= 0.6 is 0 Å². The summed E-state index contributed by atoms with van der Waals surface area (Å²) >= 11 is 0. The first-order valence-corrected chi connectivity index (χ1v) is 2.73. The number of hydrazine groups is 3. The molecule has 50 valence electrons. The van der Waals surface area contributed by atoms with E-state index in [0.717, 1.165) is 6.54 Å². The van der Waals surface area contributed by atoms with Crippen LogP contribution in [-0.2, 0) is 0 Å². The van der Waals surface area contributed by atoms with Crippen molar-refractivity contribution in [3.05, 3.63) is 0 Å². The Morgan fingerprint density at radius 3 is 1.88 bits per heavy atom. The van der Waals surface area contributed by atoms with E-state index < -0.39 is 0 Å². The average Bonchev–Trinajstić information content (AvgIpc) is 1.83. The number of hydrogen-bond acceptors (Lipinski definition) is 4. The highest BCUT2D eigenvalue weighted by Gasteiger charge is 1.89. The topological polar surface area (TPSA) is 39.3 Å². The minimum Gasteiger partial charge on any atom is -0.230 e. The summed E-state index contributed by atoms with van der Waals surface area (Å²) in [6.07, 6.45) is 0. The molecule has 0 saturated heterocycles. The molecular weight excluding hydrogens is 104 g/mol. The number of nitrogens with one attached hydrogen (secondary N) is 3. The molecule has 0 aliphatic carbocycles. The van der Waals surface area contributed by atoms with Gasteiger partial charge in [0.15, 0.2) is 0 Å². The summed E-state index contributed by atoms with van der Waals surface area (Å²) in [6.45, 7) is 2.93. The van der Waals surface area contributed by atoms with Crippen molar-refractivity contribution in [2.75, 3.05) is 20.6 Å². The second-order valence-electron chi connectivity index (χ2n) is 1.29. The van der Waals surface area contributed by atoms with Crippen molar-refractivity contribution in [1.29, 1.82) is 0 Å². The second kappa shape index (κ2) is 4.99. The van der Waals surface area contributed by atoms with Crippen molar-refractivity contribution in [2.24, 2.45) is 0 Å². The van der Waals surface area contributed by atoms with Crippen molar-refractivity contribution in [1.82, 2.24) is 21.5 Å². The Balaban J connectivity index is 3.07. The first-order valence-electron chi connectivity index (χ1n) is 2.73. The van der Waals surface area contributed by atoms with E-state index in [9.17, 15) is 0 Å². The maximum Gasteiger partial charge on any atom is 0.0101 e. The smallest absolute Gasteiger partial charge is 0.0101 e. The van der Waals surface area contributed by atoms with Gasteiger partial charge in [0.1, 0.15) is 0 Å². The molecule has 0 bridgehead atoms. The zero-order chi connectivity index (χ0) is 6.41. The summed E-state index contributed by atoms with van der Waals surface area (Å²) in [7, 11) is 3.66. The summed E-state index contributed by atoms with van der Waals surface area (Å²) in [5.74, 6) is 0. The summed E-state index contributed by atoms with van der Waals surface area (Å²) in [5, 5.41) is 1.68. The van der Waals surface area contributed by atoms with E-state index in [-0.39, 0.29) is 0 Å². The predicted octanol–water partition coefficient (Wildman–Crippen LogP) is -0.918. The van der Waals surface area contributed by atoms with Gasteiger partial charge in [0.05, 0.1) is 0 Å². The molecule has 0 unspecified atom stereocenters. The lowest BCUT2D eigenvalue weighted by Gasteiger charge is -2.18. The van der Waals surface area contributed by atoms with Crippen LogP contribution in [0.15, 0.2) is 0 Å². The van der Waals surface area contributed by atoms with E-state index in [2.05, 4.69) is 16.3 Å². The SMILES string of the molecule is CCNN(NC)NC. The zero-order valence-electron chi connectivity index (χ0n) is 5.65. The molecule has 0 atom stereocenters. The zero-order valence-corrected chi connectivity index (χ0v) is 5.65. The molecule has 4 nitrogen and oxygen atoms in total. The second-order valence-corrected chi connectivity index (χ2v) is 1.29. The molecule has 4 heteroatoms. The van der Waals surface area contributed by atoms with Gasteiger partial charge < -0.3 is 0 Å². The van der Waals surface area contributed by atoms with Gasteiger partial charge in [0.25, 0.3) is 0 Å². The molecule has 8 heavy (non-hydrogen) atoms. The van der Waals surface area contributed by atoms with Crippen molar-refractivity contribution in [3.8, 4) is 0 Å². The molecule has 0 amide bonds. The van der Waals surface area contributed by atoms with Crippen LogP contribution in [0.5, 0.6) is 0 Å². The fraction of sp³-hybridized carbons (Fsp3) is 1.00. The van der Waals surface area contributed by atoms with E-state index >= 15 is 0 Å². The molecule has 0 rings (SSSR count). The molecule has 0 aromatic rings. The maximum atomic E-state index is 2.99. The lowest BCUT2D eigenvalue weighted by Crippen LogP contribution is -2.53. The first kappa shape index (κ1) is 7.84. The Morgan fingerprint density at radius 1 is 1.25 bits per heavy atom. The van der Waals surface area contributed by atoms with Crippen molar-refractivity contribution in [3.63, 3.8) is 0 Å². The minimum absolute atomic E-state index is 0.904. The molecule has 3 N–H and O–H groups in total. The normalized spacial score (nSPS) is 10.5. The Kier molecular flexibility index (Phi) is 4.89. The molecule has 0 aromatic heterocycles. The third-order valence-corrected chi connectivity index (χ3v) is 0.763. The molecule has 0 aliphatic heterocycles. The van der Waals surface area contributed by atoms with Crippen LogP contribution in [0.2, 0.25) is 0 Å². The molecule has 0 fully saturated rings. The third kappa shape index (κ3) is 2.92. The number of nitrogens with zero attached hydrogens (tertiary/aromatic N) is 1. The quantitative estimate of drug-likeness (QED) is 0.418. The summed E-state index contributed by atoms with van der Waals surface area (Å²) in [5.41, 5.74) is 8.72.